The first-order valence-electron chi connectivity index (χ1n) is 9.03. The molecule has 1 heterocycles. The van der Waals surface area contributed by atoms with Crippen molar-refractivity contribution in [3.8, 4) is 0 Å². The van der Waals surface area contributed by atoms with Crippen LogP contribution in [0.5, 0.6) is 0 Å². The lowest BCUT2D eigenvalue weighted by atomic mass is 10.0. The molecule has 7 heteroatoms. The minimum absolute atomic E-state index is 0.0191. The third kappa shape index (κ3) is 3.64. The number of amides is 2. The van der Waals surface area contributed by atoms with Gasteiger partial charge in [0.05, 0.1) is 11.3 Å². The number of rotatable bonds is 4. The normalized spacial score (nSPS) is 13.9. The highest BCUT2D eigenvalue weighted by molar-refractivity contribution is 9.10. The first kappa shape index (κ1) is 20.0. The molecule has 0 spiro atoms. The molecule has 0 aromatic heterocycles. The van der Waals surface area contributed by atoms with Crippen molar-refractivity contribution < 1.29 is 18.4 Å². The van der Waals surface area contributed by atoms with Crippen molar-refractivity contribution in [3.63, 3.8) is 0 Å². The number of hydrogen-bond acceptors (Lipinski definition) is 3. The van der Waals surface area contributed by atoms with E-state index >= 15 is 0 Å². The van der Waals surface area contributed by atoms with Crippen LogP contribution < -0.4 is 10.2 Å². The smallest absolute Gasteiger partial charge is 0.282 e. The first-order valence-corrected chi connectivity index (χ1v) is 9.82. The number of halogens is 3. The van der Waals surface area contributed by atoms with Crippen molar-refractivity contribution in [2.45, 2.75) is 6.92 Å². The van der Waals surface area contributed by atoms with Gasteiger partial charge < -0.3 is 5.32 Å². The molecule has 0 saturated carbocycles. The summed E-state index contributed by atoms with van der Waals surface area (Å²) in [6.07, 6.45) is 0. The summed E-state index contributed by atoms with van der Waals surface area (Å²) in [5.74, 6) is -3.20. The highest BCUT2D eigenvalue weighted by Gasteiger charge is 2.41. The summed E-state index contributed by atoms with van der Waals surface area (Å²) in [6, 6.07) is 16.9. The number of hydrogen-bond donors (Lipinski definition) is 1. The lowest BCUT2D eigenvalue weighted by Gasteiger charge is -2.16. The topological polar surface area (TPSA) is 49.4 Å². The van der Waals surface area contributed by atoms with E-state index in [4.69, 9.17) is 0 Å². The Labute approximate surface area is 180 Å². The lowest BCUT2D eigenvalue weighted by Crippen LogP contribution is -2.33. The summed E-state index contributed by atoms with van der Waals surface area (Å²) >= 11 is 3.37. The third-order valence-electron chi connectivity index (χ3n) is 4.67. The van der Waals surface area contributed by atoms with Crippen molar-refractivity contribution in [3.05, 3.63) is 99.7 Å². The predicted octanol–water partition coefficient (Wildman–Crippen LogP) is 5.43. The lowest BCUT2D eigenvalue weighted by molar-refractivity contribution is -0.120. The van der Waals surface area contributed by atoms with Crippen molar-refractivity contribution in [1.82, 2.24) is 0 Å². The Morgan fingerprint density at radius 1 is 0.900 bits per heavy atom. The minimum Gasteiger partial charge on any atom is -0.350 e. The average Bonchev–Trinajstić information content (AvgIpc) is 2.93. The number of benzene rings is 3. The fraction of sp³-hybridized carbons (Fsp3) is 0.0435. The molecule has 0 bridgehead atoms. The molecule has 0 aliphatic carbocycles. The van der Waals surface area contributed by atoms with Crippen LogP contribution in [0.2, 0.25) is 0 Å². The predicted molar refractivity (Wildman–Crippen MR) is 115 cm³/mol. The van der Waals surface area contributed by atoms with E-state index in [9.17, 15) is 18.4 Å². The fourth-order valence-electron chi connectivity index (χ4n) is 3.23. The summed E-state index contributed by atoms with van der Waals surface area (Å²) in [4.78, 5) is 27.2. The summed E-state index contributed by atoms with van der Waals surface area (Å²) < 4.78 is 28.5. The Morgan fingerprint density at radius 2 is 1.63 bits per heavy atom. The molecule has 1 aliphatic rings. The second-order valence-corrected chi connectivity index (χ2v) is 7.71. The Bertz CT molecular complexity index is 1210. The molecule has 3 aromatic rings. The summed E-state index contributed by atoms with van der Waals surface area (Å²) in [6.45, 7) is 1.90. The number of imide groups is 1. The summed E-state index contributed by atoms with van der Waals surface area (Å²) in [7, 11) is 0. The fourth-order valence-corrected chi connectivity index (χ4v) is 3.62. The van der Waals surface area contributed by atoms with Gasteiger partial charge in [-0.05, 0) is 42.8 Å². The number of nitrogens with zero attached hydrogens (tertiary/aromatic N) is 1. The van der Waals surface area contributed by atoms with Crippen molar-refractivity contribution in [2.24, 2.45) is 0 Å². The molecule has 4 rings (SSSR count). The van der Waals surface area contributed by atoms with Crippen LogP contribution in [-0.4, -0.2) is 11.8 Å². The largest absolute Gasteiger partial charge is 0.350 e. The number of carbonyl (C=O) groups excluding carboxylic acids is 2. The molecule has 3 aromatic carbocycles. The van der Waals surface area contributed by atoms with Crippen LogP contribution in [0.4, 0.5) is 20.2 Å². The van der Waals surface area contributed by atoms with Gasteiger partial charge >= 0.3 is 0 Å². The van der Waals surface area contributed by atoms with Gasteiger partial charge in [-0.3, -0.25) is 9.59 Å². The van der Waals surface area contributed by atoms with Crippen LogP contribution in [0.15, 0.2) is 76.9 Å². The molecule has 4 nitrogen and oxygen atoms in total. The minimum atomic E-state index is -0.997. The van der Waals surface area contributed by atoms with E-state index in [0.717, 1.165) is 27.1 Å². The standard InChI is InChI=1S/C23H15BrF2N2O2/c1-13-5-7-14(8-6-13)20-21(27-17-4-2-3-15(24)11-17)23(30)28(22(20)29)19-10-9-16(25)12-18(19)26/h2-12,27H,1H3. The van der Waals surface area contributed by atoms with Crippen molar-refractivity contribution in [2.75, 3.05) is 10.2 Å². The molecule has 0 saturated heterocycles. The maximum absolute atomic E-state index is 14.4. The number of aryl methyl sites for hydroxylation is 1. The molecule has 0 atom stereocenters. The Hall–Kier alpha value is -3.32. The molecule has 30 heavy (non-hydrogen) atoms. The highest BCUT2D eigenvalue weighted by atomic mass is 79.9. The van der Waals surface area contributed by atoms with Crippen molar-refractivity contribution >= 4 is 44.7 Å². The van der Waals surface area contributed by atoms with Gasteiger partial charge in [0.2, 0.25) is 0 Å². The molecule has 1 N–H and O–H groups in total. The van der Waals surface area contributed by atoms with Crippen LogP contribution in [0.3, 0.4) is 0 Å². The van der Waals surface area contributed by atoms with Crippen LogP contribution >= 0.6 is 15.9 Å². The zero-order valence-electron chi connectivity index (χ0n) is 15.7. The average molecular weight is 469 g/mol. The monoisotopic (exact) mass is 468 g/mol. The Balaban J connectivity index is 1.84. The second kappa shape index (κ2) is 7.84. The Morgan fingerprint density at radius 3 is 2.30 bits per heavy atom. The first-order chi connectivity index (χ1) is 14.3. The van der Waals surface area contributed by atoms with E-state index in [1.165, 1.54) is 0 Å². The van der Waals surface area contributed by atoms with Gasteiger partial charge in [0.15, 0.2) is 0 Å². The number of nitrogens with one attached hydrogen (secondary N) is 1. The van der Waals surface area contributed by atoms with Gasteiger partial charge in [-0.15, -0.1) is 0 Å². The Kier molecular flexibility index (Phi) is 5.22. The zero-order valence-corrected chi connectivity index (χ0v) is 17.3. The molecule has 0 unspecified atom stereocenters. The van der Waals surface area contributed by atoms with Crippen LogP contribution in [0.1, 0.15) is 11.1 Å². The summed E-state index contributed by atoms with van der Waals surface area (Å²) in [5, 5.41) is 3.00. The quantitative estimate of drug-likeness (QED) is 0.519. The highest BCUT2D eigenvalue weighted by Crippen LogP contribution is 2.35. The van der Waals surface area contributed by atoms with Gasteiger partial charge in [0, 0.05) is 16.2 Å². The molecular weight excluding hydrogens is 454 g/mol. The third-order valence-corrected chi connectivity index (χ3v) is 5.16. The number of anilines is 2. The van der Waals surface area contributed by atoms with Gasteiger partial charge in [0.25, 0.3) is 11.8 Å². The van der Waals surface area contributed by atoms with Crippen LogP contribution in [0.25, 0.3) is 5.57 Å². The van der Waals surface area contributed by atoms with E-state index in [-0.39, 0.29) is 17.0 Å². The molecule has 0 radical (unpaired) electrons. The van der Waals surface area contributed by atoms with Crippen LogP contribution in [0, 0.1) is 18.6 Å². The van der Waals surface area contributed by atoms with E-state index in [1.54, 1.807) is 30.3 Å². The molecule has 0 fully saturated rings. The molecule has 1 aliphatic heterocycles. The van der Waals surface area contributed by atoms with Gasteiger partial charge in [-0.2, -0.15) is 0 Å². The molecule has 150 valence electrons. The number of carbonyl (C=O) groups is 2. The second-order valence-electron chi connectivity index (χ2n) is 6.79. The van der Waals surface area contributed by atoms with E-state index < -0.39 is 23.4 Å². The zero-order chi connectivity index (χ0) is 21.4. The summed E-state index contributed by atoms with van der Waals surface area (Å²) in [5.41, 5.74) is 1.91. The van der Waals surface area contributed by atoms with Gasteiger partial charge in [-0.1, -0.05) is 51.8 Å². The van der Waals surface area contributed by atoms with E-state index in [2.05, 4.69) is 21.2 Å². The van der Waals surface area contributed by atoms with Crippen LogP contribution in [-0.2, 0) is 9.59 Å². The van der Waals surface area contributed by atoms with Gasteiger partial charge in [0.1, 0.15) is 17.3 Å². The van der Waals surface area contributed by atoms with Gasteiger partial charge in [-0.25, -0.2) is 13.7 Å². The molecular formula is C23H15BrF2N2O2. The maximum Gasteiger partial charge on any atom is 0.282 e. The van der Waals surface area contributed by atoms with E-state index in [1.807, 2.05) is 25.1 Å². The van der Waals surface area contributed by atoms with E-state index in [0.29, 0.717) is 17.3 Å². The van der Waals surface area contributed by atoms with Crippen molar-refractivity contribution in [1.29, 1.82) is 0 Å². The maximum atomic E-state index is 14.4. The molecule has 2 amide bonds. The SMILES string of the molecule is Cc1ccc(C2=C(Nc3cccc(Br)c3)C(=O)N(c3ccc(F)cc3F)C2=O)cc1.